The molecular formula is C3H8O3SSn. The molecule has 0 aromatic carbocycles. The first-order chi connectivity index (χ1) is 2.94. The van der Waals surface area contributed by atoms with Crippen LogP contribution in [0.5, 0.6) is 0 Å². The van der Waals surface area contributed by atoms with Crippen LogP contribution in [0.1, 0.15) is 13.8 Å². The van der Waals surface area contributed by atoms with Crippen LogP contribution in [0.25, 0.3) is 0 Å². The van der Waals surface area contributed by atoms with Gasteiger partial charge in [0.2, 0.25) is 0 Å². The average Bonchev–Trinajstić information content (AvgIpc) is 1.31. The molecule has 48 valence electrons. The van der Waals surface area contributed by atoms with Crippen LogP contribution in [0, 0.1) is 0 Å². The van der Waals surface area contributed by atoms with Crippen LogP contribution in [0.4, 0.5) is 0 Å². The minimum absolute atomic E-state index is 0. The van der Waals surface area contributed by atoms with Gasteiger partial charge in [0.25, 0.3) is 10.1 Å². The first kappa shape index (κ1) is 11.5. The third-order valence-corrected chi connectivity index (χ3v) is 1.79. The molecule has 0 bridgehead atoms. The molecule has 5 heteroatoms. The molecule has 0 aromatic heterocycles. The smallest absolute Gasteiger partial charge is 0.267 e. The Kier molecular flexibility index (Phi) is 5.29. The van der Waals surface area contributed by atoms with Crippen molar-refractivity contribution in [3.05, 3.63) is 0 Å². The van der Waals surface area contributed by atoms with Crippen LogP contribution in [-0.2, 0) is 10.1 Å². The van der Waals surface area contributed by atoms with E-state index in [1.165, 1.54) is 13.8 Å². The van der Waals surface area contributed by atoms with E-state index < -0.39 is 15.4 Å². The van der Waals surface area contributed by atoms with E-state index in [4.69, 9.17) is 4.55 Å². The molecular weight excluding hydrogens is 235 g/mol. The summed E-state index contributed by atoms with van der Waals surface area (Å²) in [6.45, 7) is 2.82. The fourth-order valence-electron chi connectivity index (χ4n) is 0. The number of hydrogen-bond acceptors (Lipinski definition) is 2. The van der Waals surface area contributed by atoms with Crippen LogP contribution < -0.4 is 0 Å². The van der Waals surface area contributed by atoms with Gasteiger partial charge < -0.3 is 0 Å². The summed E-state index contributed by atoms with van der Waals surface area (Å²) in [5, 5.41) is -0.674. The third kappa shape index (κ3) is 4.86. The molecule has 8 heavy (non-hydrogen) atoms. The quantitative estimate of drug-likeness (QED) is 0.516. The number of hydrogen-bond donors (Lipinski definition) is 1. The second-order valence-corrected chi connectivity index (χ2v) is 3.54. The molecule has 0 fully saturated rings. The minimum Gasteiger partial charge on any atom is -0.285 e. The molecule has 4 radical (unpaired) electrons. The van der Waals surface area contributed by atoms with Gasteiger partial charge in [-0.15, -0.1) is 0 Å². The van der Waals surface area contributed by atoms with E-state index in [-0.39, 0.29) is 23.9 Å². The zero-order chi connectivity index (χ0) is 6.08. The topological polar surface area (TPSA) is 54.4 Å². The summed E-state index contributed by atoms with van der Waals surface area (Å²) >= 11 is 0. The predicted molar refractivity (Wildman–Crippen MR) is 32.4 cm³/mol. The Bertz CT molecular complexity index is 137. The largest absolute Gasteiger partial charge is 0.285 e. The van der Waals surface area contributed by atoms with Crippen LogP contribution in [0.3, 0.4) is 0 Å². The standard InChI is InChI=1S/C3H8O3S.Sn/c1-3(2)7(4,5)6;/h3H,1-2H3,(H,4,5,6);. The molecule has 0 aromatic rings. The van der Waals surface area contributed by atoms with E-state index >= 15 is 0 Å². The predicted octanol–water partition coefficient (Wildman–Crippen LogP) is -0.0982. The Balaban J connectivity index is 0. The summed E-state index contributed by atoms with van der Waals surface area (Å²) in [7, 11) is -3.74. The van der Waals surface area contributed by atoms with Crippen molar-refractivity contribution < 1.29 is 13.0 Å². The van der Waals surface area contributed by atoms with E-state index in [2.05, 4.69) is 0 Å². The molecule has 0 aliphatic carbocycles. The molecule has 0 aliphatic rings. The van der Waals surface area contributed by atoms with E-state index in [0.717, 1.165) is 0 Å². The van der Waals surface area contributed by atoms with Gasteiger partial charge in [-0.05, 0) is 13.8 Å². The first-order valence-electron chi connectivity index (χ1n) is 1.91. The molecule has 0 saturated carbocycles. The van der Waals surface area contributed by atoms with Crippen molar-refractivity contribution in [1.29, 1.82) is 0 Å². The van der Waals surface area contributed by atoms with Gasteiger partial charge in [0.05, 0.1) is 5.25 Å². The molecule has 1 N–H and O–H groups in total. The van der Waals surface area contributed by atoms with E-state index in [9.17, 15) is 8.42 Å². The summed E-state index contributed by atoms with van der Waals surface area (Å²) < 4.78 is 27.8. The molecule has 0 amide bonds. The van der Waals surface area contributed by atoms with Gasteiger partial charge in [-0.3, -0.25) is 4.55 Å². The van der Waals surface area contributed by atoms with Gasteiger partial charge in [-0.2, -0.15) is 8.42 Å². The summed E-state index contributed by atoms with van der Waals surface area (Å²) in [6, 6.07) is 0. The van der Waals surface area contributed by atoms with Crippen LogP contribution in [0.15, 0.2) is 0 Å². The second kappa shape index (κ2) is 3.68. The van der Waals surface area contributed by atoms with Crippen LogP contribution >= 0.6 is 0 Å². The van der Waals surface area contributed by atoms with E-state index in [1.54, 1.807) is 0 Å². The molecule has 0 spiro atoms. The maximum atomic E-state index is 9.89. The van der Waals surface area contributed by atoms with E-state index in [0.29, 0.717) is 0 Å². The maximum absolute atomic E-state index is 9.89. The van der Waals surface area contributed by atoms with Gasteiger partial charge in [-0.25, -0.2) is 0 Å². The zero-order valence-corrected chi connectivity index (χ0v) is 8.42. The molecule has 0 unspecified atom stereocenters. The van der Waals surface area contributed by atoms with Crippen LogP contribution in [-0.4, -0.2) is 42.1 Å². The summed E-state index contributed by atoms with van der Waals surface area (Å²) in [4.78, 5) is 0. The van der Waals surface area contributed by atoms with Gasteiger partial charge >= 0.3 is 0 Å². The molecule has 0 atom stereocenters. The molecule has 3 nitrogen and oxygen atoms in total. The van der Waals surface area contributed by atoms with Gasteiger partial charge in [0.1, 0.15) is 0 Å². The first-order valence-corrected chi connectivity index (χ1v) is 3.41. The summed E-state index contributed by atoms with van der Waals surface area (Å²) in [6.07, 6.45) is 0. The Morgan fingerprint density at radius 2 is 1.50 bits per heavy atom. The summed E-state index contributed by atoms with van der Waals surface area (Å²) in [5.74, 6) is 0. The Morgan fingerprint density at radius 1 is 1.38 bits per heavy atom. The molecule has 0 saturated heterocycles. The monoisotopic (exact) mass is 244 g/mol. The van der Waals surface area contributed by atoms with Gasteiger partial charge in [0, 0.05) is 23.9 Å². The fourth-order valence-corrected chi connectivity index (χ4v) is 0. The molecule has 0 rings (SSSR count). The summed E-state index contributed by atoms with van der Waals surface area (Å²) in [5.41, 5.74) is 0. The zero-order valence-electron chi connectivity index (χ0n) is 4.75. The van der Waals surface area contributed by atoms with Crippen LogP contribution in [0.2, 0.25) is 0 Å². The van der Waals surface area contributed by atoms with Crippen molar-refractivity contribution in [3.63, 3.8) is 0 Å². The van der Waals surface area contributed by atoms with Crippen molar-refractivity contribution in [2.75, 3.05) is 0 Å². The van der Waals surface area contributed by atoms with Crippen molar-refractivity contribution in [2.24, 2.45) is 0 Å². The normalized spacial score (nSPS) is 11.0. The van der Waals surface area contributed by atoms with Crippen molar-refractivity contribution >= 4 is 34.0 Å². The minimum atomic E-state index is -3.74. The average molecular weight is 243 g/mol. The Hall–Kier alpha value is 0.709. The van der Waals surface area contributed by atoms with Crippen molar-refractivity contribution in [3.8, 4) is 0 Å². The third-order valence-electron chi connectivity index (χ3n) is 0.596. The van der Waals surface area contributed by atoms with Gasteiger partial charge in [0.15, 0.2) is 0 Å². The molecule has 0 aliphatic heterocycles. The SMILES string of the molecule is CC(C)S(=O)(=O)O.[Sn]. The Labute approximate surface area is 66.2 Å². The van der Waals surface area contributed by atoms with Gasteiger partial charge in [-0.1, -0.05) is 0 Å². The van der Waals surface area contributed by atoms with Crippen molar-refractivity contribution in [2.45, 2.75) is 19.1 Å². The molecule has 0 heterocycles. The van der Waals surface area contributed by atoms with E-state index in [1.807, 2.05) is 0 Å². The second-order valence-electron chi connectivity index (χ2n) is 1.56. The van der Waals surface area contributed by atoms with Crippen molar-refractivity contribution in [1.82, 2.24) is 0 Å². The Morgan fingerprint density at radius 3 is 1.50 bits per heavy atom. The fraction of sp³-hybridized carbons (Fsp3) is 1.00. The number of rotatable bonds is 1. The maximum Gasteiger partial charge on any atom is 0.267 e.